The smallest absolute Gasteiger partial charge is 0.128 e. The number of aromatic nitrogens is 2. The predicted molar refractivity (Wildman–Crippen MR) is 66.2 cm³/mol. The Morgan fingerprint density at radius 1 is 1.24 bits per heavy atom. The second-order valence-corrected chi connectivity index (χ2v) is 5.16. The van der Waals surface area contributed by atoms with Gasteiger partial charge in [0, 0.05) is 18.8 Å². The predicted octanol–water partition coefficient (Wildman–Crippen LogP) is 3.11. The maximum Gasteiger partial charge on any atom is 0.128 e. The van der Waals surface area contributed by atoms with Crippen LogP contribution in [0.2, 0.25) is 0 Å². The van der Waals surface area contributed by atoms with E-state index in [1.54, 1.807) is 12.4 Å². The molecule has 0 bridgehead atoms. The molecule has 1 heterocycles. The van der Waals surface area contributed by atoms with Crippen LogP contribution in [0.25, 0.3) is 0 Å². The Hall–Kier alpha value is -1.43. The average Bonchev–Trinajstić information content (AvgIpc) is 2.39. The molecule has 1 aliphatic carbocycles. The molecule has 3 nitrogen and oxygen atoms in total. The van der Waals surface area contributed by atoms with E-state index in [0.717, 1.165) is 24.1 Å². The summed E-state index contributed by atoms with van der Waals surface area (Å²) in [6.45, 7) is 2.35. The van der Waals surface area contributed by atoms with Crippen molar-refractivity contribution >= 4 is 0 Å². The number of aryl methyl sites for hydroxylation is 1. The summed E-state index contributed by atoms with van der Waals surface area (Å²) in [5.74, 6) is 2.64. The number of rotatable bonds is 3. The molecule has 0 aliphatic heterocycles. The minimum atomic E-state index is 0.542. The first-order chi connectivity index (χ1) is 8.28. The number of nitriles is 1. The first kappa shape index (κ1) is 12.0. The van der Waals surface area contributed by atoms with Gasteiger partial charge in [-0.3, -0.25) is 0 Å². The normalized spacial score (nSPS) is 24.2. The van der Waals surface area contributed by atoms with Gasteiger partial charge in [-0.05, 0) is 18.3 Å². The van der Waals surface area contributed by atoms with Gasteiger partial charge >= 0.3 is 0 Å². The largest absolute Gasteiger partial charge is 0.240 e. The SMILES string of the molecule is CC1CCC(CCc2ncc(C#N)cn2)CC1. The molecule has 0 amide bonds. The van der Waals surface area contributed by atoms with E-state index in [1.807, 2.05) is 6.07 Å². The molecular weight excluding hydrogens is 210 g/mol. The lowest BCUT2D eigenvalue weighted by molar-refractivity contribution is 0.276. The molecule has 1 saturated carbocycles. The fourth-order valence-corrected chi connectivity index (χ4v) is 2.49. The highest BCUT2D eigenvalue weighted by atomic mass is 14.9. The summed E-state index contributed by atoms with van der Waals surface area (Å²) >= 11 is 0. The minimum Gasteiger partial charge on any atom is -0.240 e. The molecule has 2 rings (SSSR count). The highest BCUT2D eigenvalue weighted by molar-refractivity contribution is 5.21. The molecule has 1 aliphatic rings. The van der Waals surface area contributed by atoms with Gasteiger partial charge in [-0.1, -0.05) is 32.6 Å². The van der Waals surface area contributed by atoms with Crippen LogP contribution in [-0.4, -0.2) is 9.97 Å². The van der Waals surface area contributed by atoms with E-state index < -0.39 is 0 Å². The lowest BCUT2D eigenvalue weighted by atomic mass is 9.81. The number of nitrogens with zero attached hydrogens (tertiary/aromatic N) is 3. The van der Waals surface area contributed by atoms with E-state index >= 15 is 0 Å². The van der Waals surface area contributed by atoms with E-state index in [0.29, 0.717) is 5.56 Å². The third-order valence-electron chi connectivity index (χ3n) is 3.75. The lowest BCUT2D eigenvalue weighted by Crippen LogP contribution is -2.13. The van der Waals surface area contributed by atoms with Crippen LogP contribution in [0.15, 0.2) is 12.4 Å². The zero-order chi connectivity index (χ0) is 12.1. The molecule has 1 aromatic rings. The summed E-state index contributed by atoms with van der Waals surface area (Å²) in [4.78, 5) is 8.43. The number of hydrogen-bond acceptors (Lipinski definition) is 3. The van der Waals surface area contributed by atoms with Gasteiger partial charge in [0.05, 0.1) is 5.56 Å². The van der Waals surface area contributed by atoms with Crippen molar-refractivity contribution in [2.45, 2.75) is 45.4 Å². The third kappa shape index (κ3) is 3.52. The summed E-state index contributed by atoms with van der Waals surface area (Å²) in [6, 6.07) is 2.04. The maximum absolute atomic E-state index is 8.66. The molecule has 0 spiro atoms. The first-order valence-electron chi connectivity index (χ1n) is 6.49. The summed E-state index contributed by atoms with van der Waals surface area (Å²) in [6.07, 6.45) is 10.8. The van der Waals surface area contributed by atoms with Crippen molar-refractivity contribution in [2.75, 3.05) is 0 Å². The third-order valence-corrected chi connectivity index (χ3v) is 3.75. The summed E-state index contributed by atoms with van der Waals surface area (Å²) < 4.78 is 0. The van der Waals surface area contributed by atoms with Crippen LogP contribution >= 0.6 is 0 Å². The Bertz CT molecular complexity index is 383. The average molecular weight is 229 g/mol. The molecule has 0 N–H and O–H groups in total. The van der Waals surface area contributed by atoms with Crippen molar-refractivity contribution in [1.29, 1.82) is 5.26 Å². The van der Waals surface area contributed by atoms with Crippen LogP contribution in [0.3, 0.4) is 0 Å². The van der Waals surface area contributed by atoms with E-state index in [2.05, 4.69) is 16.9 Å². The van der Waals surface area contributed by atoms with Crippen LogP contribution < -0.4 is 0 Å². The Morgan fingerprint density at radius 2 is 1.88 bits per heavy atom. The fourth-order valence-electron chi connectivity index (χ4n) is 2.49. The van der Waals surface area contributed by atoms with Gasteiger partial charge in [-0.25, -0.2) is 9.97 Å². The fraction of sp³-hybridized carbons (Fsp3) is 0.643. The van der Waals surface area contributed by atoms with Gasteiger partial charge in [0.1, 0.15) is 11.9 Å². The molecule has 0 aromatic carbocycles. The molecule has 1 fully saturated rings. The van der Waals surface area contributed by atoms with E-state index in [4.69, 9.17) is 5.26 Å². The zero-order valence-corrected chi connectivity index (χ0v) is 10.4. The van der Waals surface area contributed by atoms with E-state index in [-0.39, 0.29) is 0 Å². The second kappa shape index (κ2) is 5.77. The topological polar surface area (TPSA) is 49.6 Å². The minimum absolute atomic E-state index is 0.542. The van der Waals surface area contributed by atoms with E-state index in [1.165, 1.54) is 32.1 Å². The van der Waals surface area contributed by atoms with Gasteiger partial charge in [0.25, 0.3) is 0 Å². The number of hydrogen-bond donors (Lipinski definition) is 0. The highest BCUT2D eigenvalue weighted by Gasteiger charge is 2.18. The molecule has 0 saturated heterocycles. The molecule has 0 unspecified atom stereocenters. The molecule has 90 valence electrons. The molecule has 17 heavy (non-hydrogen) atoms. The second-order valence-electron chi connectivity index (χ2n) is 5.16. The monoisotopic (exact) mass is 229 g/mol. The summed E-state index contributed by atoms with van der Waals surface area (Å²) in [7, 11) is 0. The van der Waals surface area contributed by atoms with Crippen LogP contribution in [-0.2, 0) is 6.42 Å². The summed E-state index contributed by atoms with van der Waals surface area (Å²) in [5, 5.41) is 8.66. The Morgan fingerprint density at radius 3 is 2.47 bits per heavy atom. The van der Waals surface area contributed by atoms with Crippen LogP contribution in [0.1, 0.15) is 50.4 Å². The van der Waals surface area contributed by atoms with Crippen molar-refractivity contribution in [3.63, 3.8) is 0 Å². The van der Waals surface area contributed by atoms with Crippen LogP contribution in [0.4, 0.5) is 0 Å². The molecular formula is C14H19N3. The van der Waals surface area contributed by atoms with E-state index in [9.17, 15) is 0 Å². The Balaban J connectivity index is 1.79. The molecule has 0 radical (unpaired) electrons. The van der Waals surface area contributed by atoms with Crippen molar-refractivity contribution in [2.24, 2.45) is 11.8 Å². The van der Waals surface area contributed by atoms with Crippen LogP contribution in [0, 0.1) is 23.2 Å². The standard InChI is InChI=1S/C14H19N3/c1-11-2-4-12(5-3-11)6-7-14-16-9-13(8-15)10-17-14/h9-12H,2-7H2,1H3. The summed E-state index contributed by atoms with van der Waals surface area (Å²) in [5.41, 5.74) is 0.542. The Labute approximate surface area is 103 Å². The van der Waals surface area contributed by atoms with Gasteiger partial charge in [0.2, 0.25) is 0 Å². The maximum atomic E-state index is 8.66. The van der Waals surface area contributed by atoms with Crippen LogP contribution in [0.5, 0.6) is 0 Å². The van der Waals surface area contributed by atoms with Crippen molar-refractivity contribution in [3.8, 4) is 6.07 Å². The van der Waals surface area contributed by atoms with Crippen molar-refractivity contribution in [1.82, 2.24) is 9.97 Å². The Kier molecular flexibility index (Phi) is 4.08. The highest BCUT2D eigenvalue weighted by Crippen LogP contribution is 2.30. The molecule has 1 aromatic heterocycles. The van der Waals surface area contributed by atoms with Gasteiger partial charge in [-0.2, -0.15) is 5.26 Å². The van der Waals surface area contributed by atoms with Crippen molar-refractivity contribution in [3.05, 3.63) is 23.8 Å². The zero-order valence-electron chi connectivity index (χ0n) is 10.4. The van der Waals surface area contributed by atoms with Crippen molar-refractivity contribution < 1.29 is 0 Å². The van der Waals surface area contributed by atoms with Gasteiger partial charge < -0.3 is 0 Å². The quantitative estimate of drug-likeness (QED) is 0.800. The first-order valence-corrected chi connectivity index (χ1v) is 6.49. The van der Waals surface area contributed by atoms with Gasteiger partial charge in [-0.15, -0.1) is 0 Å². The lowest BCUT2D eigenvalue weighted by Gasteiger charge is -2.25. The van der Waals surface area contributed by atoms with Gasteiger partial charge in [0.15, 0.2) is 0 Å². The molecule has 0 atom stereocenters. The molecule has 3 heteroatoms.